The molecule has 0 spiro atoms. The molecule has 3 heterocycles. The number of benzene rings is 1. The average Bonchev–Trinajstić information content (AvgIpc) is 3.16. The average molecular weight is 329 g/mol. The third-order valence-corrected chi connectivity index (χ3v) is 4.02. The fourth-order valence-electron chi connectivity index (χ4n) is 2.73. The van der Waals surface area contributed by atoms with Gasteiger partial charge >= 0.3 is 0 Å². The molecule has 25 heavy (non-hydrogen) atoms. The van der Waals surface area contributed by atoms with Gasteiger partial charge in [-0.1, -0.05) is 12.1 Å². The molecule has 0 radical (unpaired) electrons. The summed E-state index contributed by atoms with van der Waals surface area (Å²) in [5, 5.41) is 3.63. The predicted molar refractivity (Wildman–Crippen MR) is 99.7 cm³/mol. The summed E-state index contributed by atoms with van der Waals surface area (Å²) in [6.07, 6.45) is 7.00. The van der Waals surface area contributed by atoms with Crippen molar-refractivity contribution < 1.29 is 4.79 Å². The zero-order valence-corrected chi connectivity index (χ0v) is 13.3. The van der Waals surface area contributed by atoms with Crippen molar-refractivity contribution in [1.82, 2.24) is 9.97 Å². The maximum atomic E-state index is 12.5. The van der Waals surface area contributed by atoms with Crippen LogP contribution >= 0.6 is 0 Å². The Kier molecular flexibility index (Phi) is 3.70. The third-order valence-electron chi connectivity index (χ3n) is 4.02. The van der Waals surface area contributed by atoms with Gasteiger partial charge in [0, 0.05) is 17.8 Å². The maximum Gasteiger partial charge on any atom is 0.259 e. The van der Waals surface area contributed by atoms with Gasteiger partial charge in [-0.05, 0) is 41.5 Å². The number of rotatable bonds is 3. The molecule has 3 aromatic rings. The minimum absolute atomic E-state index is 0.197. The van der Waals surface area contributed by atoms with Gasteiger partial charge < -0.3 is 11.1 Å². The highest BCUT2D eigenvalue weighted by atomic mass is 16.1. The molecule has 1 aliphatic rings. The van der Waals surface area contributed by atoms with Crippen molar-refractivity contribution in [2.45, 2.75) is 0 Å². The summed E-state index contributed by atoms with van der Waals surface area (Å²) < 4.78 is 0. The van der Waals surface area contributed by atoms with Crippen LogP contribution < -0.4 is 11.1 Å². The monoisotopic (exact) mass is 329 g/mol. The fraction of sp³-hybridized carbons (Fsp3) is 0.0526. The van der Waals surface area contributed by atoms with E-state index in [2.05, 4.69) is 20.3 Å². The van der Waals surface area contributed by atoms with Crippen LogP contribution in [-0.2, 0) is 0 Å². The lowest BCUT2D eigenvalue weighted by Gasteiger charge is -2.09. The molecular formula is C19H15N5O. The zero-order valence-electron chi connectivity index (χ0n) is 13.3. The van der Waals surface area contributed by atoms with Gasteiger partial charge in [0.15, 0.2) is 0 Å². The first-order valence-corrected chi connectivity index (χ1v) is 7.82. The van der Waals surface area contributed by atoms with Gasteiger partial charge in [0.1, 0.15) is 5.82 Å². The molecule has 0 fully saturated rings. The number of amides is 1. The minimum Gasteiger partial charge on any atom is -0.383 e. The van der Waals surface area contributed by atoms with E-state index in [1.54, 1.807) is 36.8 Å². The van der Waals surface area contributed by atoms with E-state index in [1.807, 2.05) is 24.3 Å². The Morgan fingerprint density at radius 1 is 1.20 bits per heavy atom. The molecule has 3 N–H and O–H groups in total. The smallest absolute Gasteiger partial charge is 0.259 e. The van der Waals surface area contributed by atoms with E-state index in [1.165, 1.54) is 0 Å². The number of carbonyl (C=O) groups excluding carboxylic acids is 1. The van der Waals surface area contributed by atoms with Crippen LogP contribution in [0.4, 0.5) is 11.5 Å². The maximum absolute atomic E-state index is 12.5. The van der Waals surface area contributed by atoms with Crippen molar-refractivity contribution in [2.75, 3.05) is 17.6 Å². The lowest BCUT2D eigenvalue weighted by Crippen LogP contribution is -2.15. The van der Waals surface area contributed by atoms with E-state index in [9.17, 15) is 4.79 Å². The van der Waals surface area contributed by atoms with E-state index >= 15 is 0 Å². The van der Waals surface area contributed by atoms with E-state index in [0.29, 0.717) is 17.8 Å². The van der Waals surface area contributed by atoms with Crippen LogP contribution in [0.1, 0.15) is 15.9 Å². The number of aromatic nitrogens is 2. The van der Waals surface area contributed by atoms with E-state index in [4.69, 9.17) is 5.73 Å². The van der Waals surface area contributed by atoms with Gasteiger partial charge in [-0.2, -0.15) is 0 Å². The number of nitrogens with zero attached hydrogens (tertiary/aromatic N) is 3. The van der Waals surface area contributed by atoms with Crippen LogP contribution in [0, 0.1) is 0 Å². The molecule has 6 nitrogen and oxygen atoms in total. The van der Waals surface area contributed by atoms with Crippen molar-refractivity contribution in [1.29, 1.82) is 0 Å². The number of nitrogens with two attached hydrogens (primary N) is 1. The summed E-state index contributed by atoms with van der Waals surface area (Å²) in [5.74, 6) is -0.112. The van der Waals surface area contributed by atoms with Crippen LogP contribution in [0.5, 0.6) is 0 Å². The molecule has 0 atom stereocenters. The number of anilines is 2. The Labute approximate surface area is 144 Å². The highest BCUT2D eigenvalue weighted by Gasteiger charge is 2.14. The van der Waals surface area contributed by atoms with Crippen LogP contribution in [0.3, 0.4) is 0 Å². The van der Waals surface area contributed by atoms with Crippen LogP contribution in [0.25, 0.3) is 16.5 Å². The second-order valence-electron chi connectivity index (χ2n) is 5.71. The topological polar surface area (TPSA) is 93.3 Å². The first-order valence-electron chi connectivity index (χ1n) is 7.82. The first-order chi connectivity index (χ1) is 12.2. The molecule has 1 aromatic carbocycles. The molecule has 0 unspecified atom stereocenters. The van der Waals surface area contributed by atoms with Crippen molar-refractivity contribution >= 4 is 40.1 Å². The van der Waals surface area contributed by atoms with Gasteiger partial charge in [0.05, 0.1) is 29.5 Å². The molecule has 6 heteroatoms. The Balaban J connectivity index is 1.67. The fourth-order valence-corrected chi connectivity index (χ4v) is 2.73. The standard InChI is InChI=1S/C19H15N5O/c20-18-16(19(25)23-15-2-1-6-21-11-15)8-13-4-3-12(9-17(13)24-18)14-5-7-22-10-14/h1-9,11H,10H2,(H2,20,24)(H,23,25). The van der Waals surface area contributed by atoms with Crippen LogP contribution in [-0.4, -0.2) is 28.6 Å². The zero-order chi connectivity index (χ0) is 17.2. The summed E-state index contributed by atoms with van der Waals surface area (Å²) in [6.45, 7) is 0.673. The molecule has 2 aromatic heterocycles. The summed E-state index contributed by atoms with van der Waals surface area (Å²) in [5.41, 5.74) is 9.91. The van der Waals surface area contributed by atoms with Gasteiger partial charge in [0.2, 0.25) is 0 Å². The number of hydrogen-bond acceptors (Lipinski definition) is 5. The highest BCUT2D eigenvalue weighted by molar-refractivity contribution is 6.09. The molecule has 0 bridgehead atoms. The molecule has 1 aliphatic heterocycles. The van der Waals surface area contributed by atoms with Crippen molar-refractivity contribution in [3.8, 4) is 0 Å². The number of nitrogens with one attached hydrogen (secondary N) is 1. The van der Waals surface area contributed by atoms with Gasteiger partial charge in [0.25, 0.3) is 5.91 Å². The molecule has 0 saturated heterocycles. The number of allylic oxidation sites excluding steroid dienone is 1. The molecule has 122 valence electrons. The quantitative estimate of drug-likeness (QED) is 0.772. The summed E-state index contributed by atoms with van der Waals surface area (Å²) in [6, 6.07) is 11.2. The summed E-state index contributed by atoms with van der Waals surface area (Å²) in [7, 11) is 0. The Morgan fingerprint density at radius 3 is 2.88 bits per heavy atom. The Morgan fingerprint density at radius 2 is 2.12 bits per heavy atom. The predicted octanol–water partition coefficient (Wildman–Crippen LogP) is 2.93. The highest BCUT2D eigenvalue weighted by Crippen LogP contribution is 2.25. The second kappa shape index (κ2) is 6.16. The number of hydrogen-bond donors (Lipinski definition) is 2. The van der Waals surface area contributed by atoms with Crippen molar-refractivity contribution in [2.24, 2.45) is 4.99 Å². The molecular weight excluding hydrogens is 314 g/mol. The minimum atomic E-state index is -0.309. The molecule has 1 amide bonds. The summed E-state index contributed by atoms with van der Waals surface area (Å²) >= 11 is 0. The number of aliphatic imine (C=N–C) groups is 1. The number of carbonyl (C=O) groups is 1. The van der Waals surface area contributed by atoms with Gasteiger partial charge in [-0.25, -0.2) is 4.98 Å². The van der Waals surface area contributed by atoms with E-state index < -0.39 is 0 Å². The summed E-state index contributed by atoms with van der Waals surface area (Å²) in [4.78, 5) is 25.0. The van der Waals surface area contributed by atoms with E-state index in [-0.39, 0.29) is 11.7 Å². The lowest BCUT2D eigenvalue weighted by molar-refractivity contribution is 0.102. The lowest BCUT2D eigenvalue weighted by atomic mass is 10.0. The molecule has 4 rings (SSSR count). The third kappa shape index (κ3) is 2.97. The first kappa shape index (κ1) is 15.0. The van der Waals surface area contributed by atoms with Gasteiger partial charge in [-0.3, -0.25) is 14.8 Å². The normalized spacial score (nSPS) is 13.0. The number of nitrogen functional groups attached to an aromatic ring is 1. The van der Waals surface area contributed by atoms with E-state index in [0.717, 1.165) is 22.0 Å². The molecule has 0 saturated carbocycles. The van der Waals surface area contributed by atoms with Gasteiger partial charge in [-0.15, -0.1) is 0 Å². The van der Waals surface area contributed by atoms with Crippen molar-refractivity contribution in [3.63, 3.8) is 0 Å². The number of pyridine rings is 2. The van der Waals surface area contributed by atoms with Crippen LogP contribution in [0.2, 0.25) is 0 Å². The Hall–Kier alpha value is -3.54. The largest absolute Gasteiger partial charge is 0.383 e. The van der Waals surface area contributed by atoms with Crippen LogP contribution in [0.15, 0.2) is 59.9 Å². The Bertz CT molecular complexity index is 1020. The SMILES string of the molecule is Nc1nc2cc(C3=CC=NC3)ccc2cc1C(=O)Nc1cccnc1. The molecule has 0 aliphatic carbocycles. The number of fused-ring (bicyclic) bond motifs is 1. The van der Waals surface area contributed by atoms with Crippen molar-refractivity contribution in [3.05, 3.63) is 66.0 Å². The second-order valence-corrected chi connectivity index (χ2v) is 5.71.